The number of aliphatic hydroxyl groups is 4. The molecule has 12 aliphatic heterocycles. The summed E-state index contributed by atoms with van der Waals surface area (Å²) < 4.78 is 128. The van der Waals surface area contributed by atoms with Gasteiger partial charge in [0.15, 0.2) is 66.3 Å². The van der Waals surface area contributed by atoms with E-state index >= 15 is 0 Å². The summed E-state index contributed by atoms with van der Waals surface area (Å²) in [6, 6.07) is 0. The summed E-state index contributed by atoms with van der Waals surface area (Å²) in [5.41, 5.74) is -0.376. The SMILES string of the molecule is CO[C@@H]1C[C@H](O[C@@H]2/C(C)=C/C[C@@H]3C[C@@H](CC4(CC[C@H](C)[C@@H](C5CCCCC5)O4)O3)OC(=O)[C@@H]3C=C(C)C(=O)[C@H]4OC/C(=C\C=C\[C@@H]2C)[C@]43O)OC(C)[C@@H]1O[C@H]1C[C@@H](OC)C(O)(O)C(C)O1.CO[C@@H]1C[C@H](O[C@H]2C(C)O[C@@H](O[C@@H]3/C(C)=C/C[C@@H]4C[C@@H](CC5(CC[C@H](C)[C@@H](C6CCCCC6)O5)O4)OC(=O)[C@@H]4C=C(C)C(=O)[C@H]5OC/C(=C\C=C\[C@@H]3C)[C@]54O)C[C@H]2OC)OC(C)C1=O. The highest BCUT2D eigenvalue weighted by Gasteiger charge is 2.64. The van der Waals surface area contributed by atoms with Gasteiger partial charge in [-0.1, -0.05) is 127 Å². The minimum Gasteiger partial charge on any atom is -0.462 e. The van der Waals surface area contributed by atoms with Crippen molar-refractivity contribution in [1.29, 1.82) is 0 Å². The smallest absolute Gasteiger partial charge is 0.316 e. The number of hydrogen-bond donors (Lipinski definition) is 4. The highest BCUT2D eigenvalue weighted by molar-refractivity contribution is 6.04. The van der Waals surface area contributed by atoms with Crippen LogP contribution in [-0.2, 0) is 119 Å². The van der Waals surface area contributed by atoms with Crippen molar-refractivity contribution >= 4 is 29.3 Å². The number of ketones is 3. The summed E-state index contributed by atoms with van der Waals surface area (Å²) >= 11 is 0. The third-order valence-electron chi connectivity index (χ3n) is 31.3. The Kier molecular flexibility index (Phi) is 31.7. The van der Waals surface area contributed by atoms with Crippen molar-refractivity contribution in [3.05, 3.63) is 94.2 Å². The molecule has 4 N–H and O–H groups in total. The zero-order valence-corrected chi connectivity index (χ0v) is 78.6. The molecule has 2 saturated carbocycles. The van der Waals surface area contributed by atoms with E-state index in [-0.39, 0.29) is 79.7 Å². The maximum Gasteiger partial charge on any atom is 0.316 e. The van der Waals surface area contributed by atoms with Crippen LogP contribution in [0.3, 0.4) is 0 Å². The van der Waals surface area contributed by atoms with Crippen LogP contribution in [0, 0.1) is 47.3 Å². The van der Waals surface area contributed by atoms with Gasteiger partial charge in [0.1, 0.15) is 71.9 Å². The first-order chi connectivity index (χ1) is 61.6. The molecule has 0 aromatic carbocycles. The quantitative estimate of drug-likeness (QED) is 0.0713. The van der Waals surface area contributed by atoms with Crippen LogP contribution >= 0.6 is 0 Å². The number of carbonyl (C=O) groups is 5. The number of allylic oxidation sites excluding steroid dienone is 4. The first kappa shape index (κ1) is 98.5. The maximum atomic E-state index is 14.4. The minimum atomic E-state index is -2.17. The Hall–Kier alpha value is -5.01. The first-order valence-electron chi connectivity index (χ1n) is 48.3. The van der Waals surface area contributed by atoms with Crippen LogP contribution in [0.1, 0.15) is 237 Å². The number of carbonyl (C=O) groups excluding carboxylic acids is 5. The van der Waals surface area contributed by atoms with Gasteiger partial charge in [-0.3, -0.25) is 24.0 Å². The summed E-state index contributed by atoms with van der Waals surface area (Å²) in [5.74, 6) is -7.11. The van der Waals surface area contributed by atoms with Crippen molar-refractivity contribution in [2.45, 2.75) is 413 Å². The van der Waals surface area contributed by atoms with Gasteiger partial charge >= 0.3 is 11.9 Å². The van der Waals surface area contributed by atoms with Crippen LogP contribution in [0.2, 0.25) is 0 Å². The number of methoxy groups -OCH3 is 4. The van der Waals surface area contributed by atoms with E-state index < -0.39 is 175 Å². The third kappa shape index (κ3) is 21.0. The van der Waals surface area contributed by atoms with Crippen LogP contribution in [0.5, 0.6) is 0 Å². The molecule has 12 heterocycles. The van der Waals surface area contributed by atoms with E-state index in [0.29, 0.717) is 110 Å². The molecule has 29 nitrogen and oxygen atoms in total. The van der Waals surface area contributed by atoms with Crippen molar-refractivity contribution in [3.8, 4) is 0 Å². The molecular formula is C100H146O29. The second-order valence-electron chi connectivity index (χ2n) is 40.3. The zero-order valence-electron chi connectivity index (χ0n) is 78.6. The number of rotatable bonds is 14. The van der Waals surface area contributed by atoms with E-state index in [9.17, 15) is 44.4 Å². The molecule has 16 rings (SSSR count). The molecule has 0 amide bonds. The molecule has 129 heavy (non-hydrogen) atoms. The van der Waals surface area contributed by atoms with E-state index in [1.165, 1.54) is 52.7 Å². The van der Waals surface area contributed by atoms with Gasteiger partial charge < -0.3 is 115 Å². The normalized spacial score (nSPS) is 47.3. The van der Waals surface area contributed by atoms with Gasteiger partial charge in [-0.25, -0.2) is 0 Å². The Morgan fingerprint density at radius 1 is 0.450 bits per heavy atom. The summed E-state index contributed by atoms with van der Waals surface area (Å²) in [5, 5.41) is 46.1. The third-order valence-corrected chi connectivity index (χ3v) is 31.3. The fourth-order valence-electron chi connectivity index (χ4n) is 23.7. The predicted molar refractivity (Wildman–Crippen MR) is 467 cm³/mol. The Bertz CT molecular complexity index is 4190. The topological polar surface area (TPSA) is 351 Å². The number of fused-ring (bicyclic) bond motifs is 4. The van der Waals surface area contributed by atoms with E-state index in [1.54, 1.807) is 66.2 Å². The number of ether oxygens (including phenoxy) is 20. The highest BCUT2D eigenvalue weighted by atomic mass is 16.8. The molecule has 0 radical (unpaired) electrons. The number of esters is 2. The lowest BCUT2D eigenvalue weighted by Gasteiger charge is -2.51. The molecule has 10 saturated heterocycles. The molecule has 720 valence electrons. The molecule has 2 spiro atoms. The fourth-order valence-corrected chi connectivity index (χ4v) is 23.7. The Labute approximate surface area is 761 Å². The van der Waals surface area contributed by atoms with Crippen molar-refractivity contribution in [3.63, 3.8) is 0 Å². The maximum absolute atomic E-state index is 14.4. The van der Waals surface area contributed by atoms with Gasteiger partial charge in [0.2, 0.25) is 5.79 Å². The average molecular weight is 1810 g/mol. The Morgan fingerprint density at radius 2 is 0.876 bits per heavy atom. The van der Waals surface area contributed by atoms with E-state index in [0.717, 1.165) is 49.7 Å². The van der Waals surface area contributed by atoms with Gasteiger partial charge in [0.25, 0.3) is 0 Å². The van der Waals surface area contributed by atoms with Crippen molar-refractivity contribution in [1.82, 2.24) is 0 Å². The molecule has 16 aliphatic rings. The molecule has 4 aliphatic carbocycles. The zero-order chi connectivity index (χ0) is 91.9. The lowest BCUT2D eigenvalue weighted by atomic mass is 9.71. The molecule has 29 heteroatoms. The van der Waals surface area contributed by atoms with E-state index in [4.69, 9.17) is 94.7 Å². The molecule has 34 atom stereocenters. The van der Waals surface area contributed by atoms with E-state index in [2.05, 4.69) is 39.8 Å². The molecule has 6 unspecified atom stereocenters. The van der Waals surface area contributed by atoms with Crippen molar-refractivity contribution in [2.24, 2.45) is 47.3 Å². The summed E-state index contributed by atoms with van der Waals surface area (Å²) in [6.45, 7) is 23.1. The van der Waals surface area contributed by atoms with Gasteiger partial charge in [0.05, 0.1) is 74.3 Å². The second kappa shape index (κ2) is 41.5. The molecule has 12 fully saturated rings. The summed E-state index contributed by atoms with van der Waals surface area (Å²) in [4.78, 5) is 68.3. The monoisotopic (exact) mass is 1810 g/mol. The molecule has 4 bridgehead atoms. The van der Waals surface area contributed by atoms with Gasteiger partial charge in [-0.15, -0.1) is 0 Å². The standard InChI is InChI=1S/C50H74O15.C50H72O14/c1-27-13-12-16-34-26-58-46-42(51)30(4)21-37(49(34,46)53)47(52)61-36-22-35(64-48(25-36)20-19-29(3)44(65-48)33-14-10-9-11-15-33)18-17-28(2)43(27)62-40-23-38(56-7)45(31(5)59-40)63-41-24-39(57-8)50(54,55)32(6)60-41;1-27-13-12-16-34-26-57-47-42(51)30(4)21-37(50(34,47)54)48(53)60-36-22-35(63-49(25-36)20-19-29(3)45(64-49)33-14-10-9-11-15-33)18-17-28(2)44(27)61-41-24-39(56-8)46(32(6)59-41)62-40-23-38(55-7)43(52)31(5)58-40/h12-13,16-17,21,27,29,31-33,35-41,43-46,53-55H,9-11,14-15,18-20,22-26H2,1-8H3;12-13,16-17,21,27,29,31-33,35-41,44-47,54H,9-11,14-15,18-20,22-26H2,1-8H3/b2*13-12+,28-17+,34-16+/t27-,29-,31?,32?,35+,36-,37-,38+,39+,40-,41-,43-,44-,45-,46+,48?,49+;27-,29-,31?,32?,35+,36-,37-,38+,39+,40-,41-,44-,45-,46-,47+,49?,50+/m00/s1. The summed E-state index contributed by atoms with van der Waals surface area (Å²) in [7, 11) is 6.19. The largest absolute Gasteiger partial charge is 0.462 e. The van der Waals surface area contributed by atoms with Gasteiger partial charge in [-0.05, 0) is 164 Å². The van der Waals surface area contributed by atoms with Crippen LogP contribution < -0.4 is 0 Å². The lowest BCUT2D eigenvalue weighted by molar-refractivity contribution is -0.371. The van der Waals surface area contributed by atoms with Crippen molar-refractivity contribution in [2.75, 3.05) is 41.7 Å². The van der Waals surface area contributed by atoms with Crippen LogP contribution in [0.4, 0.5) is 0 Å². The average Bonchev–Trinajstić information content (AvgIpc) is 1.57. The van der Waals surface area contributed by atoms with Crippen LogP contribution in [0.15, 0.2) is 94.2 Å². The fraction of sp³-hybridized carbons (Fsp3) is 0.790. The molecule has 0 aromatic rings. The number of Topliss-reactive ketones (excluding diaryl/α,β-unsaturated/α-hetero) is 3. The van der Waals surface area contributed by atoms with Crippen LogP contribution in [-0.4, -0.2) is 267 Å². The Balaban J connectivity index is 0.000000198. The van der Waals surface area contributed by atoms with Crippen molar-refractivity contribution < 1.29 is 139 Å². The first-order valence-corrected chi connectivity index (χ1v) is 48.3. The summed E-state index contributed by atoms with van der Waals surface area (Å²) in [6.07, 6.45) is 23.4. The van der Waals surface area contributed by atoms with Crippen LogP contribution in [0.25, 0.3) is 0 Å². The number of hydrogen-bond acceptors (Lipinski definition) is 29. The second-order valence-corrected chi connectivity index (χ2v) is 40.3. The highest BCUT2D eigenvalue weighted by Crippen LogP contribution is 2.53. The lowest BCUT2D eigenvalue weighted by Crippen LogP contribution is -2.60. The Morgan fingerprint density at radius 3 is 1.29 bits per heavy atom. The minimum absolute atomic E-state index is 0.0187. The molecular weight excluding hydrogens is 1670 g/mol. The molecule has 0 aromatic heterocycles. The van der Waals surface area contributed by atoms with Gasteiger partial charge in [-0.2, -0.15) is 0 Å². The predicted octanol–water partition coefficient (Wildman–Crippen LogP) is 12.2. The van der Waals surface area contributed by atoms with E-state index in [1.807, 2.05) is 52.0 Å². The van der Waals surface area contributed by atoms with Gasteiger partial charge in [0, 0.05) is 104 Å².